The number of anilines is 1. The molecule has 2 aromatic heterocycles. The van der Waals surface area contributed by atoms with Gasteiger partial charge in [-0.15, -0.1) is 0 Å². The largest absolute Gasteiger partial charge is 0.377 e. The van der Waals surface area contributed by atoms with E-state index < -0.39 is 0 Å². The average Bonchev–Trinajstić information content (AvgIpc) is 2.94. The molecule has 0 fully saturated rings. The molecular formula is C12H16N4O2. The van der Waals surface area contributed by atoms with Crippen LogP contribution in [0.1, 0.15) is 0 Å². The van der Waals surface area contributed by atoms with Crippen LogP contribution in [0.3, 0.4) is 0 Å². The second kappa shape index (κ2) is 6.13. The Kier molecular flexibility index (Phi) is 4.27. The van der Waals surface area contributed by atoms with E-state index in [4.69, 9.17) is 9.47 Å². The molecule has 0 spiro atoms. The van der Waals surface area contributed by atoms with E-state index in [-0.39, 0.29) is 6.29 Å². The van der Waals surface area contributed by atoms with Crippen molar-refractivity contribution in [1.82, 2.24) is 14.8 Å². The van der Waals surface area contributed by atoms with Gasteiger partial charge < -0.3 is 14.8 Å². The molecular weight excluding hydrogens is 232 g/mol. The van der Waals surface area contributed by atoms with Crippen molar-refractivity contribution in [2.24, 2.45) is 0 Å². The summed E-state index contributed by atoms with van der Waals surface area (Å²) in [6.07, 6.45) is 4.99. The SMILES string of the molecule is COC(CNc1cccnc1-n1cccn1)OC. The van der Waals surface area contributed by atoms with E-state index in [1.165, 1.54) is 0 Å². The van der Waals surface area contributed by atoms with Crippen LogP contribution >= 0.6 is 0 Å². The van der Waals surface area contributed by atoms with E-state index in [0.29, 0.717) is 6.54 Å². The lowest BCUT2D eigenvalue weighted by molar-refractivity contribution is -0.0914. The lowest BCUT2D eigenvalue weighted by Crippen LogP contribution is -2.24. The lowest BCUT2D eigenvalue weighted by atomic mass is 10.3. The number of nitrogens with zero attached hydrogens (tertiary/aromatic N) is 3. The van der Waals surface area contributed by atoms with Gasteiger partial charge in [0.25, 0.3) is 0 Å². The maximum absolute atomic E-state index is 5.12. The molecule has 0 radical (unpaired) electrons. The third kappa shape index (κ3) is 2.85. The molecule has 6 heteroatoms. The van der Waals surface area contributed by atoms with Crippen LogP contribution in [-0.2, 0) is 9.47 Å². The van der Waals surface area contributed by atoms with Gasteiger partial charge in [-0.25, -0.2) is 9.67 Å². The summed E-state index contributed by atoms with van der Waals surface area (Å²) >= 11 is 0. The Morgan fingerprint density at radius 3 is 2.78 bits per heavy atom. The quantitative estimate of drug-likeness (QED) is 0.781. The predicted octanol–water partition coefficient (Wildman–Crippen LogP) is 1.30. The number of ether oxygens (including phenoxy) is 2. The summed E-state index contributed by atoms with van der Waals surface area (Å²) in [7, 11) is 3.21. The van der Waals surface area contributed by atoms with Gasteiger partial charge in [-0.2, -0.15) is 5.10 Å². The molecule has 0 aliphatic rings. The number of pyridine rings is 1. The van der Waals surface area contributed by atoms with Crippen molar-refractivity contribution in [2.75, 3.05) is 26.1 Å². The van der Waals surface area contributed by atoms with Crippen LogP contribution in [0, 0.1) is 0 Å². The van der Waals surface area contributed by atoms with Crippen molar-refractivity contribution in [3.63, 3.8) is 0 Å². The van der Waals surface area contributed by atoms with E-state index in [0.717, 1.165) is 11.5 Å². The third-order valence-corrected chi connectivity index (χ3v) is 2.49. The van der Waals surface area contributed by atoms with Gasteiger partial charge in [-0.1, -0.05) is 0 Å². The minimum atomic E-state index is -0.296. The van der Waals surface area contributed by atoms with Crippen molar-refractivity contribution >= 4 is 5.69 Å². The average molecular weight is 248 g/mol. The fraction of sp³-hybridized carbons (Fsp3) is 0.333. The van der Waals surface area contributed by atoms with Gasteiger partial charge in [0.1, 0.15) is 0 Å². The summed E-state index contributed by atoms with van der Waals surface area (Å²) < 4.78 is 12.0. The Balaban J connectivity index is 2.13. The van der Waals surface area contributed by atoms with E-state index in [9.17, 15) is 0 Å². The highest BCUT2D eigenvalue weighted by Crippen LogP contribution is 2.16. The highest BCUT2D eigenvalue weighted by Gasteiger charge is 2.08. The second-order valence-corrected chi connectivity index (χ2v) is 3.61. The normalized spacial score (nSPS) is 10.8. The van der Waals surface area contributed by atoms with Crippen LogP contribution in [0.15, 0.2) is 36.8 Å². The Hall–Kier alpha value is -1.92. The highest BCUT2D eigenvalue weighted by molar-refractivity contribution is 5.56. The zero-order chi connectivity index (χ0) is 12.8. The summed E-state index contributed by atoms with van der Waals surface area (Å²) in [4.78, 5) is 4.31. The maximum atomic E-state index is 5.12. The standard InChI is InChI=1S/C12H16N4O2/c1-17-11(18-2)9-14-10-5-3-6-13-12(10)16-8-4-7-15-16/h3-8,11,14H,9H2,1-2H3. The first-order valence-corrected chi connectivity index (χ1v) is 5.59. The number of hydrogen-bond acceptors (Lipinski definition) is 5. The smallest absolute Gasteiger partial charge is 0.176 e. The van der Waals surface area contributed by atoms with Gasteiger partial charge in [-0.3, -0.25) is 0 Å². The summed E-state index contributed by atoms with van der Waals surface area (Å²) in [5, 5.41) is 7.40. The first-order valence-electron chi connectivity index (χ1n) is 5.59. The van der Waals surface area contributed by atoms with E-state index in [2.05, 4.69) is 15.4 Å². The zero-order valence-corrected chi connectivity index (χ0v) is 10.4. The van der Waals surface area contributed by atoms with Gasteiger partial charge in [0, 0.05) is 32.8 Å². The van der Waals surface area contributed by atoms with Crippen LogP contribution in [0.5, 0.6) is 0 Å². The van der Waals surface area contributed by atoms with E-state index in [1.807, 2.05) is 24.4 Å². The molecule has 2 heterocycles. The van der Waals surface area contributed by atoms with Gasteiger partial charge in [0.05, 0.1) is 12.2 Å². The van der Waals surface area contributed by atoms with Crippen LogP contribution < -0.4 is 5.32 Å². The van der Waals surface area contributed by atoms with Crippen molar-refractivity contribution in [3.05, 3.63) is 36.8 Å². The molecule has 0 amide bonds. The van der Waals surface area contributed by atoms with Gasteiger partial charge in [0.2, 0.25) is 0 Å². The van der Waals surface area contributed by atoms with Crippen molar-refractivity contribution in [2.45, 2.75) is 6.29 Å². The Morgan fingerprint density at radius 2 is 2.11 bits per heavy atom. The first kappa shape index (κ1) is 12.5. The summed E-state index contributed by atoms with van der Waals surface area (Å²) in [5.41, 5.74) is 0.875. The topological polar surface area (TPSA) is 61.2 Å². The fourth-order valence-electron chi connectivity index (χ4n) is 1.57. The first-order chi connectivity index (χ1) is 8.85. The number of aromatic nitrogens is 3. The molecule has 0 atom stereocenters. The number of hydrogen-bond donors (Lipinski definition) is 1. The maximum Gasteiger partial charge on any atom is 0.176 e. The third-order valence-electron chi connectivity index (χ3n) is 2.49. The van der Waals surface area contributed by atoms with Crippen LogP contribution in [0.25, 0.3) is 5.82 Å². The molecule has 6 nitrogen and oxygen atoms in total. The molecule has 0 saturated carbocycles. The van der Waals surface area contributed by atoms with Gasteiger partial charge in [0.15, 0.2) is 12.1 Å². The fourth-order valence-corrected chi connectivity index (χ4v) is 1.57. The summed E-state index contributed by atoms with van der Waals surface area (Å²) in [5.74, 6) is 0.744. The number of methoxy groups -OCH3 is 2. The molecule has 0 bridgehead atoms. The van der Waals surface area contributed by atoms with Gasteiger partial charge in [-0.05, 0) is 18.2 Å². The Bertz CT molecular complexity index is 469. The predicted molar refractivity (Wildman–Crippen MR) is 67.7 cm³/mol. The minimum Gasteiger partial charge on any atom is -0.377 e. The van der Waals surface area contributed by atoms with Crippen molar-refractivity contribution < 1.29 is 9.47 Å². The number of rotatable bonds is 6. The Labute approximate surface area is 106 Å². The molecule has 0 saturated heterocycles. The van der Waals surface area contributed by atoms with E-state index >= 15 is 0 Å². The van der Waals surface area contributed by atoms with Crippen LogP contribution in [-0.4, -0.2) is 41.8 Å². The van der Waals surface area contributed by atoms with Crippen molar-refractivity contribution in [1.29, 1.82) is 0 Å². The molecule has 2 aromatic rings. The van der Waals surface area contributed by atoms with Gasteiger partial charge >= 0.3 is 0 Å². The van der Waals surface area contributed by atoms with Crippen LogP contribution in [0.2, 0.25) is 0 Å². The number of nitrogens with one attached hydrogen (secondary N) is 1. The molecule has 0 aromatic carbocycles. The molecule has 2 rings (SSSR count). The van der Waals surface area contributed by atoms with E-state index in [1.54, 1.807) is 31.3 Å². The molecule has 96 valence electrons. The lowest BCUT2D eigenvalue weighted by Gasteiger charge is -2.16. The molecule has 18 heavy (non-hydrogen) atoms. The monoisotopic (exact) mass is 248 g/mol. The van der Waals surface area contributed by atoms with Crippen LogP contribution in [0.4, 0.5) is 5.69 Å². The molecule has 1 N–H and O–H groups in total. The second-order valence-electron chi connectivity index (χ2n) is 3.61. The highest BCUT2D eigenvalue weighted by atomic mass is 16.7. The molecule has 0 unspecified atom stereocenters. The van der Waals surface area contributed by atoms with Crippen molar-refractivity contribution in [3.8, 4) is 5.82 Å². The molecule has 0 aliphatic heterocycles. The zero-order valence-electron chi connectivity index (χ0n) is 10.4. The minimum absolute atomic E-state index is 0.296. The summed E-state index contributed by atoms with van der Waals surface area (Å²) in [6.45, 7) is 0.535. The molecule has 0 aliphatic carbocycles. The Morgan fingerprint density at radius 1 is 1.28 bits per heavy atom. The summed E-state index contributed by atoms with van der Waals surface area (Å²) in [6, 6.07) is 5.65.